The molecular weight excluding hydrogens is 282 g/mol. The second-order valence-corrected chi connectivity index (χ2v) is 6.58. The maximum Gasteiger partial charge on any atom is 0.269 e. The Balaban J connectivity index is 2.15. The highest BCUT2D eigenvalue weighted by Gasteiger charge is 2.26. The second-order valence-electron chi connectivity index (χ2n) is 4.86. The number of rotatable bonds is 4. The van der Waals surface area contributed by atoms with Crippen LogP contribution in [0.4, 0.5) is 5.69 Å². The van der Waals surface area contributed by atoms with Crippen molar-refractivity contribution < 1.29 is 13.3 Å². The Morgan fingerprint density at radius 2 is 2.00 bits per heavy atom. The minimum absolute atomic E-state index is 0.0425. The number of hydrogen-bond donors (Lipinski definition) is 2. The van der Waals surface area contributed by atoms with E-state index in [-0.39, 0.29) is 22.7 Å². The molecule has 2 rings (SSSR count). The summed E-state index contributed by atoms with van der Waals surface area (Å²) in [4.78, 5) is 10.0. The topological polar surface area (TPSA) is 101 Å². The minimum atomic E-state index is -3.65. The van der Waals surface area contributed by atoms with Crippen LogP contribution < -0.4 is 10.0 Å². The molecule has 1 aromatic rings. The van der Waals surface area contributed by atoms with Crippen molar-refractivity contribution >= 4 is 15.7 Å². The van der Waals surface area contributed by atoms with E-state index >= 15 is 0 Å². The fourth-order valence-electron chi connectivity index (χ4n) is 2.22. The first kappa shape index (κ1) is 14.9. The van der Waals surface area contributed by atoms with E-state index in [0.29, 0.717) is 0 Å². The molecule has 2 N–H and O–H groups in total. The predicted molar refractivity (Wildman–Crippen MR) is 73.9 cm³/mol. The van der Waals surface area contributed by atoms with Crippen LogP contribution >= 0.6 is 0 Å². The molecule has 0 saturated carbocycles. The van der Waals surface area contributed by atoms with Gasteiger partial charge in [-0.1, -0.05) is 0 Å². The molecule has 1 aromatic carbocycles. The van der Waals surface area contributed by atoms with Crippen molar-refractivity contribution in [1.29, 1.82) is 0 Å². The van der Waals surface area contributed by atoms with Crippen molar-refractivity contribution in [3.8, 4) is 0 Å². The monoisotopic (exact) mass is 299 g/mol. The first-order valence-corrected chi connectivity index (χ1v) is 7.88. The average molecular weight is 299 g/mol. The summed E-state index contributed by atoms with van der Waals surface area (Å²) >= 11 is 0. The number of benzene rings is 1. The van der Waals surface area contributed by atoms with Crippen molar-refractivity contribution in [1.82, 2.24) is 10.0 Å². The fourth-order valence-corrected chi connectivity index (χ4v) is 3.57. The van der Waals surface area contributed by atoms with Crippen LogP contribution in [0.1, 0.15) is 19.8 Å². The summed E-state index contributed by atoms with van der Waals surface area (Å²) in [6.07, 6.45) is 1.69. The molecule has 1 saturated heterocycles. The standard InChI is InChI=1S/C12H17N3O4S/c1-9-12(3-2-8-13-9)14-20(18,19)11-6-4-10(5-7-11)15(16)17/h4-7,9,12-14H,2-3,8H2,1H3. The Morgan fingerprint density at radius 1 is 1.35 bits per heavy atom. The molecule has 1 heterocycles. The zero-order chi connectivity index (χ0) is 14.8. The molecular formula is C12H17N3O4S. The number of hydrogen-bond acceptors (Lipinski definition) is 5. The Morgan fingerprint density at radius 3 is 2.55 bits per heavy atom. The SMILES string of the molecule is CC1NCCCC1NS(=O)(=O)c1ccc([N+](=O)[O-])cc1. The molecule has 110 valence electrons. The van der Waals surface area contributed by atoms with E-state index in [2.05, 4.69) is 10.0 Å². The first-order chi connectivity index (χ1) is 9.40. The highest BCUT2D eigenvalue weighted by molar-refractivity contribution is 7.89. The zero-order valence-corrected chi connectivity index (χ0v) is 11.9. The zero-order valence-electron chi connectivity index (χ0n) is 11.1. The van der Waals surface area contributed by atoms with E-state index in [0.717, 1.165) is 19.4 Å². The number of non-ortho nitro benzene ring substituents is 1. The highest BCUT2D eigenvalue weighted by Crippen LogP contribution is 2.17. The van der Waals surface area contributed by atoms with Gasteiger partial charge in [-0.25, -0.2) is 13.1 Å². The summed E-state index contributed by atoms with van der Waals surface area (Å²) in [7, 11) is -3.65. The van der Waals surface area contributed by atoms with E-state index in [1.54, 1.807) is 0 Å². The van der Waals surface area contributed by atoms with Gasteiger partial charge in [-0.15, -0.1) is 0 Å². The van der Waals surface area contributed by atoms with Gasteiger partial charge in [-0.2, -0.15) is 0 Å². The van der Waals surface area contributed by atoms with Gasteiger partial charge in [0.15, 0.2) is 0 Å². The van der Waals surface area contributed by atoms with Gasteiger partial charge in [0.2, 0.25) is 10.0 Å². The van der Waals surface area contributed by atoms with Gasteiger partial charge < -0.3 is 5.32 Å². The fraction of sp³-hybridized carbons (Fsp3) is 0.500. The molecule has 1 fully saturated rings. The lowest BCUT2D eigenvalue weighted by molar-refractivity contribution is -0.384. The van der Waals surface area contributed by atoms with Gasteiger partial charge >= 0.3 is 0 Å². The Kier molecular flexibility index (Phi) is 4.36. The summed E-state index contributed by atoms with van der Waals surface area (Å²) in [6, 6.07) is 4.79. The number of piperidine rings is 1. The average Bonchev–Trinajstić information content (AvgIpc) is 2.41. The van der Waals surface area contributed by atoms with Gasteiger partial charge in [-0.05, 0) is 38.4 Å². The van der Waals surface area contributed by atoms with Gasteiger partial charge in [0, 0.05) is 24.2 Å². The maximum absolute atomic E-state index is 12.2. The molecule has 20 heavy (non-hydrogen) atoms. The predicted octanol–water partition coefficient (Wildman–Crippen LogP) is 1.01. The van der Waals surface area contributed by atoms with E-state index in [9.17, 15) is 18.5 Å². The van der Waals surface area contributed by atoms with E-state index in [1.165, 1.54) is 24.3 Å². The number of nitrogens with one attached hydrogen (secondary N) is 2. The molecule has 7 nitrogen and oxygen atoms in total. The highest BCUT2D eigenvalue weighted by atomic mass is 32.2. The quantitative estimate of drug-likeness (QED) is 0.638. The summed E-state index contributed by atoms with van der Waals surface area (Å²) in [5, 5.41) is 13.8. The van der Waals surface area contributed by atoms with Crippen LogP contribution in [0.15, 0.2) is 29.2 Å². The second kappa shape index (κ2) is 5.86. The van der Waals surface area contributed by atoms with Crippen LogP contribution in [0.25, 0.3) is 0 Å². The van der Waals surface area contributed by atoms with Crippen molar-refractivity contribution in [2.45, 2.75) is 36.7 Å². The molecule has 0 aliphatic carbocycles. The van der Waals surface area contributed by atoms with Gasteiger partial charge in [-0.3, -0.25) is 10.1 Å². The summed E-state index contributed by atoms with van der Waals surface area (Å²) in [5.41, 5.74) is -0.128. The lowest BCUT2D eigenvalue weighted by Gasteiger charge is -2.30. The third-order valence-corrected chi connectivity index (χ3v) is 4.93. The van der Waals surface area contributed by atoms with Gasteiger partial charge in [0.05, 0.1) is 9.82 Å². The molecule has 0 aromatic heterocycles. The number of nitro benzene ring substituents is 1. The number of sulfonamides is 1. The normalized spacial score (nSPS) is 23.4. The molecule has 8 heteroatoms. The third kappa shape index (κ3) is 3.33. The van der Waals surface area contributed by atoms with E-state index < -0.39 is 14.9 Å². The molecule has 0 bridgehead atoms. The minimum Gasteiger partial charge on any atom is -0.313 e. The van der Waals surface area contributed by atoms with Gasteiger partial charge in [0.25, 0.3) is 5.69 Å². The third-order valence-electron chi connectivity index (χ3n) is 3.43. The number of nitrogens with zero attached hydrogens (tertiary/aromatic N) is 1. The molecule has 2 atom stereocenters. The van der Waals surface area contributed by atoms with Crippen LogP contribution in [0.2, 0.25) is 0 Å². The van der Waals surface area contributed by atoms with Crippen molar-refractivity contribution in [3.05, 3.63) is 34.4 Å². The molecule has 0 amide bonds. The Hall–Kier alpha value is -1.51. The van der Waals surface area contributed by atoms with Crippen molar-refractivity contribution in [3.63, 3.8) is 0 Å². The van der Waals surface area contributed by atoms with Crippen LogP contribution in [-0.2, 0) is 10.0 Å². The largest absolute Gasteiger partial charge is 0.313 e. The molecule has 1 aliphatic rings. The Bertz CT molecular complexity index is 585. The van der Waals surface area contributed by atoms with Crippen molar-refractivity contribution in [2.75, 3.05) is 6.54 Å². The van der Waals surface area contributed by atoms with Gasteiger partial charge in [0.1, 0.15) is 0 Å². The van der Waals surface area contributed by atoms with Crippen LogP contribution in [0.3, 0.4) is 0 Å². The molecule has 1 aliphatic heterocycles. The first-order valence-electron chi connectivity index (χ1n) is 6.40. The smallest absolute Gasteiger partial charge is 0.269 e. The van der Waals surface area contributed by atoms with Crippen LogP contribution in [0, 0.1) is 10.1 Å². The maximum atomic E-state index is 12.2. The van der Waals surface area contributed by atoms with Crippen LogP contribution in [0.5, 0.6) is 0 Å². The molecule has 2 unspecified atom stereocenters. The van der Waals surface area contributed by atoms with Crippen LogP contribution in [-0.4, -0.2) is 32.0 Å². The summed E-state index contributed by atoms with van der Waals surface area (Å²) < 4.78 is 27.1. The molecule has 0 radical (unpaired) electrons. The van der Waals surface area contributed by atoms with Crippen molar-refractivity contribution in [2.24, 2.45) is 0 Å². The number of nitro groups is 1. The van der Waals surface area contributed by atoms with E-state index in [1.807, 2.05) is 6.92 Å². The molecule has 0 spiro atoms. The van der Waals surface area contributed by atoms with E-state index in [4.69, 9.17) is 0 Å². The lowest BCUT2D eigenvalue weighted by atomic mass is 10.0. The Labute approximate surface area is 117 Å². The lowest BCUT2D eigenvalue weighted by Crippen LogP contribution is -2.51. The summed E-state index contributed by atoms with van der Waals surface area (Å²) in [5.74, 6) is 0. The summed E-state index contributed by atoms with van der Waals surface area (Å²) in [6.45, 7) is 2.82.